The van der Waals surface area contributed by atoms with Crippen LogP contribution in [0, 0.1) is 0 Å². The molecular weight excluding hydrogens is 310 g/mol. The van der Waals surface area contributed by atoms with Crippen molar-refractivity contribution >= 4 is 22.7 Å². The van der Waals surface area contributed by atoms with Gasteiger partial charge in [-0.25, -0.2) is 4.79 Å². The van der Waals surface area contributed by atoms with Crippen molar-refractivity contribution in [2.45, 2.75) is 18.4 Å². The van der Waals surface area contributed by atoms with Crippen molar-refractivity contribution in [3.63, 3.8) is 0 Å². The SMILES string of the molecule is O=C(Nc1ccc2oc(=O)[nH]c2c1)C1(n2cccn2)CCNCC1. The molecule has 24 heavy (non-hydrogen) atoms. The molecular formula is C16H17N5O3. The summed E-state index contributed by atoms with van der Waals surface area (Å²) in [4.78, 5) is 26.9. The summed E-state index contributed by atoms with van der Waals surface area (Å²) in [6.45, 7) is 1.50. The van der Waals surface area contributed by atoms with Crippen molar-refractivity contribution in [2.75, 3.05) is 18.4 Å². The van der Waals surface area contributed by atoms with E-state index in [0.29, 0.717) is 29.6 Å². The van der Waals surface area contributed by atoms with Crippen molar-refractivity contribution in [2.24, 2.45) is 0 Å². The Kier molecular flexibility index (Phi) is 3.46. The molecule has 3 heterocycles. The Bertz CT molecular complexity index is 919. The zero-order valence-corrected chi connectivity index (χ0v) is 12.9. The lowest BCUT2D eigenvalue weighted by atomic mass is 9.87. The number of carbonyl (C=O) groups is 1. The third-order valence-corrected chi connectivity index (χ3v) is 4.47. The van der Waals surface area contributed by atoms with Gasteiger partial charge in [0.1, 0.15) is 5.54 Å². The van der Waals surface area contributed by atoms with Crippen LogP contribution in [0.1, 0.15) is 12.8 Å². The van der Waals surface area contributed by atoms with Gasteiger partial charge in [-0.2, -0.15) is 5.10 Å². The number of carbonyl (C=O) groups excluding carboxylic acids is 1. The quantitative estimate of drug-likeness (QED) is 0.666. The maximum atomic E-state index is 13.0. The molecule has 124 valence electrons. The van der Waals surface area contributed by atoms with Crippen LogP contribution in [0.3, 0.4) is 0 Å². The number of anilines is 1. The van der Waals surface area contributed by atoms with Crippen molar-refractivity contribution in [3.8, 4) is 0 Å². The number of hydrogen-bond donors (Lipinski definition) is 3. The molecule has 1 saturated heterocycles. The number of aromatic amines is 1. The molecule has 3 aromatic rings. The number of hydrogen-bond acceptors (Lipinski definition) is 5. The lowest BCUT2D eigenvalue weighted by Crippen LogP contribution is -2.52. The number of H-pyrrole nitrogens is 1. The number of fused-ring (bicyclic) bond motifs is 1. The normalized spacial score (nSPS) is 17.0. The molecule has 0 spiro atoms. The van der Waals surface area contributed by atoms with Crippen LogP contribution >= 0.6 is 0 Å². The van der Waals surface area contributed by atoms with Crippen LogP contribution in [0.25, 0.3) is 11.1 Å². The van der Waals surface area contributed by atoms with Gasteiger partial charge < -0.3 is 15.1 Å². The lowest BCUT2D eigenvalue weighted by molar-refractivity contribution is -0.126. The van der Waals surface area contributed by atoms with E-state index in [1.54, 1.807) is 29.1 Å². The molecule has 0 aliphatic carbocycles. The number of nitrogens with zero attached hydrogens (tertiary/aromatic N) is 2. The molecule has 4 rings (SSSR count). The van der Waals surface area contributed by atoms with Gasteiger partial charge in [0.05, 0.1) is 5.52 Å². The Morgan fingerprint density at radius 3 is 2.92 bits per heavy atom. The first-order chi connectivity index (χ1) is 11.7. The van der Waals surface area contributed by atoms with Crippen LogP contribution in [-0.4, -0.2) is 33.8 Å². The van der Waals surface area contributed by atoms with Crippen LogP contribution in [0.2, 0.25) is 0 Å². The summed E-state index contributed by atoms with van der Waals surface area (Å²) in [5, 5.41) is 10.5. The average Bonchev–Trinajstić information content (AvgIpc) is 3.24. The van der Waals surface area contributed by atoms with Gasteiger partial charge in [0.25, 0.3) is 5.91 Å². The number of amides is 1. The van der Waals surface area contributed by atoms with E-state index < -0.39 is 11.3 Å². The van der Waals surface area contributed by atoms with Gasteiger partial charge in [-0.05, 0) is 50.2 Å². The molecule has 3 N–H and O–H groups in total. The summed E-state index contributed by atoms with van der Waals surface area (Å²) in [6, 6.07) is 6.88. The Balaban J connectivity index is 1.66. The predicted molar refractivity (Wildman–Crippen MR) is 87.8 cm³/mol. The molecule has 8 nitrogen and oxygen atoms in total. The number of piperidine rings is 1. The molecule has 2 aromatic heterocycles. The fraction of sp³-hybridized carbons (Fsp3) is 0.312. The van der Waals surface area contributed by atoms with E-state index in [1.807, 2.05) is 12.3 Å². The number of aromatic nitrogens is 3. The number of rotatable bonds is 3. The van der Waals surface area contributed by atoms with Gasteiger partial charge in [0.2, 0.25) is 0 Å². The smallest absolute Gasteiger partial charge is 0.408 e. The van der Waals surface area contributed by atoms with E-state index in [2.05, 4.69) is 20.7 Å². The van der Waals surface area contributed by atoms with Gasteiger partial charge in [-0.15, -0.1) is 0 Å². The second-order valence-electron chi connectivity index (χ2n) is 5.91. The Labute approximate surface area is 136 Å². The third kappa shape index (κ3) is 2.41. The molecule has 0 bridgehead atoms. The third-order valence-electron chi connectivity index (χ3n) is 4.47. The summed E-state index contributed by atoms with van der Waals surface area (Å²) in [5.41, 5.74) is 0.903. The number of oxazole rings is 1. The standard InChI is InChI=1S/C16H17N5O3/c22-14(16(4-7-17-8-5-16)21-9-1-6-18-21)19-11-2-3-13-12(10-11)20-15(23)24-13/h1-3,6,9-10,17H,4-5,7-8H2,(H,19,22)(H,20,23). The molecule has 8 heteroatoms. The summed E-state index contributed by atoms with van der Waals surface area (Å²) in [7, 11) is 0. The van der Waals surface area contributed by atoms with Crippen LogP contribution in [0.15, 0.2) is 45.9 Å². The van der Waals surface area contributed by atoms with Gasteiger partial charge in [0.15, 0.2) is 5.58 Å². The minimum Gasteiger partial charge on any atom is -0.408 e. The van der Waals surface area contributed by atoms with Gasteiger partial charge >= 0.3 is 5.76 Å². The molecule has 1 aromatic carbocycles. The maximum absolute atomic E-state index is 13.0. The second-order valence-corrected chi connectivity index (χ2v) is 5.91. The summed E-state index contributed by atoms with van der Waals surface area (Å²) >= 11 is 0. The highest BCUT2D eigenvalue weighted by molar-refractivity contribution is 5.98. The van der Waals surface area contributed by atoms with E-state index in [-0.39, 0.29) is 5.91 Å². The topological polar surface area (TPSA) is 105 Å². The minimum absolute atomic E-state index is 0.113. The molecule has 1 fully saturated rings. The van der Waals surface area contributed by atoms with Crippen molar-refractivity contribution in [1.29, 1.82) is 0 Å². The molecule has 0 unspecified atom stereocenters. The number of nitrogens with one attached hydrogen (secondary N) is 3. The van der Waals surface area contributed by atoms with Crippen molar-refractivity contribution in [3.05, 3.63) is 47.2 Å². The minimum atomic E-state index is -0.715. The second kappa shape index (κ2) is 5.64. The molecule has 1 amide bonds. The van der Waals surface area contributed by atoms with Crippen LogP contribution < -0.4 is 16.4 Å². The molecule has 0 atom stereocenters. The highest BCUT2D eigenvalue weighted by Gasteiger charge is 2.42. The fourth-order valence-corrected chi connectivity index (χ4v) is 3.20. The van der Waals surface area contributed by atoms with E-state index in [4.69, 9.17) is 4.42 Å². The maximum Gasteiger partial charge on any atom is 0.417 e. The predicted octanol–water partition coefficient (Wildman–Crippen LogP) is 1.03. The van der Waals surface area contributed by atoms with Gasteiger partial charge in [-0.1, -0.05) is 0 Å². The van der Waals surface area contributed by atoms with E-state index in [1.165, 1.54) is 0 Å². The first-order valence-electron chi connectivity index (χ1n) is 7.83. The number of benzene rings is 1. The molecule has 1 aliphatic heterocycles. The Hall–Kier alpha value is -2.87. The summed E-state index contributed by atoms with van der Waals surface area (Å²) in [6.07, 6.45) is 4.82. The largest absolute Gasteiger partial charge is 0.417 e. The Morgan fingerprint density at radius 2 is 2.17 bits per heavy atom. The van der Waals surface area contributed by atoms with Crippen molar-refractivity contribution < 1.29 is 9.21 Å². The highest BCUT2D eigenvalue weighted by atomic mass is 16.4. The molecule has 0 saturated carbocycles. The van der Waals surface area contributed by atoms with E-state index >= 15 is 0 Å². The van der Waals surface area contributed by atoms with Crippen LogP contribution in [0.4, 0.5) is 5.69 Å². The van der Waals surface area contributed by atoms with Crippen LogP contribution in [-0.2, 0) is 10.3 Å². The summed E-state index contributed by atoms with van der Waals surface area (Å²) in [5.74, 6) is -0.627. The van der Waals surface area contributed by atoms with E-state index in [9.17, 15) is 9.59 Å². The lowest BCUT2D eigenvalue weighted by Gasteiger charge is -2.36. The molecule has 0 radical (unpaired) electrons. The fourth-order valence-electron chi connectivity index (χ4n) is 3.20. The van der Waals surface area contributed by atoms with Crippen molar-refractivity contribution in [1.82, 2.24) is 20.1 Å². The highest BCUT2D eigenvalue weighted by Crippen LogP contribution is 2.29. The zero-order valence-electron chi connectivity index (χ0n) is 12.9. The average molecular weight is 327 g/mol. The van der Waals surface area contributed by atoms with Crippen LogP contribution in [0.5, 0.6) is 0 Å². The monoisotopic (exact) mass is 327 g/mol. The van der Waals surface area contributed by atoms with E-state index in [0.717, 1.165) is 13.1 Å². The zero-order chi connectivity index (χ0) is 16.6. The first kappa shape index (κ1) is 14.7. The molecule has 1 aliphatic rings. The van der Waals surface area contributed by atoms with Gasteiger partial charge in [0, 0.05) is 18.1 Å². The van der Waals surface area contributed by atoms with Gasteiger partial charge in [-0.3, -0.25) is 14.5 Å². The first-order valence-corrected chi connectivity index (χ1v) is 7.83. The Morgan fingerprint density at radius 1 is 1.33 bits per heavy atom. The summed E-state index contributed by atoms with van der Waals surface area (Å²) < 4.78 is 6.71.